The molecule has 40 heavy (non-hydrogen) atoms. The second kappa shape index (κ2) is 10.9. The van der Waals surface area contributed by atoms with Crippen LogP contribution in [-0.4, -0.2) is 65.0 Å². The number of nitrogens with zero attached hydrogens (tertiary/aromatic N) is 4. The number of hydrogen-bond donors (Lipinski definition) is 0. The van der Waals surface area contributed by atoms with E-state index in [2.05, 4.69) is 27.5 Å². The number of benzene rings is 2. The largest absolute Gasteiger partial charge is 0.417 e. The molecule has 0 radical (unpaired) electrons. The molecular weight excluding hydrogens is 609 g/mol. The highest BCUT2D eigenvalue weighted by atomic mass is 79.9. The van der Waals surface area contributed by atoms with Crippen molar-refractivity contribution in [1.82, 2.24) is 14.5 Å². The van der Waals surface area contributed by atoms with Crippen molar-refractivity contribution < 1.29 is 22.7 Å². The van der Waals surface area contributed by atoms with E-state index < -0.39 is 23.5 Å². The van der Waals surface area contributed by atoms with Crippen molar-refractivity contribution in [2.45, 2.75) is 43.0 Å². The van der Waals surface area contributed by atoms with Crippen LogP contribution in [0.15, 0.2) is 57.1 Å². The summed E-state index contributed by atoms with van der Waals surface area (Å²) < 4.78 is 51.8. The lowest BCUT2D eigenvalue weighted by molar-refractivity contribution is -0.137. The van der Waals surface area contributed by atoms with Gasteiger partial charge in [0.05, 0.1) is 23.7 Å². The summed E-state index contributed by atoms with van der Waals surface area (Å²) in [5, 5.41) is 0.247. The summed E-state index contributed by atoms with van der Waals surface area (Å²) in [6.07, 6.45) is -3.41. The van der Waals surface area contributed by atoms with Crippen LogP contribution < -0.4 is 10.6 Å². The molecular formula is C28H28BrF3N4O3S. The van der Waals surface area contributed by atoms with Crippen LogP contribution >= 0.6 is 27.7 Å². The molecule has 212 valence electrons. The summed E-state index contributed by atoms with van der Waals surface area (Å²) in [6, 6.07) is 6.91. The van der Waals surface area contributed by atoms with E-state index in [4.69, 9.17) is 4.74 Å². The van der Waals surface area contributed by atoms with E-state index in [0.717, 1.165) is 6.07 Å². The van der Waals surface area contributed by atoms with Gasteiger partial charge >= 0.3 is 11.9 Å². The van der Waals surface area contributed by atoms with Gasteiger partial charge < -0.3 is 14.5 Å². The Morgan fingerprint density at radius 2 is 1.95 bits per heavy atom. The van der Waals surface area contributed by atoms with Gasteiger partial charge in [-0.1, -0.05) is 34.6 Å². The average Bonchev–Trinajstić information content (AvgIpc) is 2.89. The van der Waals surface area contributed by atoms with Gasteiger partial charge in [0.25, 0.3) is 0 Å². The van der Waals surface area contributed by atoms with Gasteiger partial charge in [0, 0.05) is 58.4 Å². The quantitative estimate of drug-likeness (QED) is 0.332. The number of piperazine rings is 1. The molecule has 0 aliphatic carbocycles. The van der Waals surface area contributed by atoms with Crippen LogP contribution in [0.2, 0.25) is 0 Å². The van der Waals surface area contributed by atoms with Gasteiger partial charge in [0.2, 0.25) is 5.91 Å². The molecule has 5 rings (SSSR count). The lowest BCUT2D eigenvalue weighted by Gasteiger charge is -2.45. The Kier molecular flexibility index (Phi) is 7.79. The monoisotopic (exact) mass is 636 g/mol. The fourth-order valence-corrected chi connectivity index (χ4v) is 7.56. The molecule has 12 heteroatoms. The zero-order valence-electron chi connectivity index (χ0n) is 22.2. The third-order valence-corrected chi connectivity index (χ3v) is 9.09. The summed E-state index contributed by atoms with van der Waals surface area (Å²) in [4.78, 5) is 34.3. The normalized spacial score (nSPS) is 21.1. The van der Waals surface area contributed by atoms with Crippen molar-refractivity contribution in [2.24, 2.45) is 0 Å². The Labute approximate surface area is 242 Å². The molecule has 1 amide bonds. The third-order valence-electron chi connectivity index (χ3n) is 7.36. The first-order valence-corrected chi connectivity index (χ1v) is 14.5. The van der Waals surface area contributed by atoms with Gasteiger partial charge in [0.15, 0.2) is 0 Å². The molecule has 3 atom stereocenters. The van der Waals surface area contributed by atoms with Crippen LogP contribution in [0.1, 0.15) is 25.5 Å². The zero-order chi connectivity index (χ0) is 28.9. The maximum atomic E-state index is 14.8. The topological polar surface area (TPSA) is 67.7 Å². The van der Waals surface area contributed by atoms with Gasteiger partial charge in [0.1, 0.15) is 5.82 Å². The van der Waals surface area contributed by atoms with Gasteiger partial charge in [-0.05, 0) is 43.7 Å². The standard InChI is InChI=1S/C28H28BrF3N4O3S/c1-5-22(37)35-15(2)11-34(12-16(35)3)26-20-10-21(28(30,31)32)23(17-7-6-8-18(29)9-17)25-24(20)36(27(38)33-26)19(13-39-4)14-40-25/h5-10,15-16,19H,1,11-14H2,2-4H3/t15-,16+,19-/m0/s1. The minimum absolute atomic E-state index is 0.0376. The van der Waals surface area contributed by atoms with E-state index in [1.807, 2.05) is 18.7 Å². The molecule has 1 saturated heterocycles. The van der Waals surface area contributed by atoms with Crippen molar-refractivity contribution >= 4 is 50.3 Å². The number of rotatable bonds is 5. The van der Waals surface area contributed by atoms with Crippen LogP contribution in [0.3, 0.4) is 0 Å². The highest BCUT2D eigenvalue weighted by Crippen LogP contribution is 2.50. The Balaban J connectivity index is 1.82. The van der Waals surface area contributed by atoms with Crippen molar-refractivity contribution in [3.63, 3.8) is 0 Å². The van der Waals surface area contributed by atoms with E-state index in [-0.39, 0.29) is 41.4 Å². The van der Waals surface area contributed by atoms with Gasteiger partial charge in [-0.2, -0.15) is 18.2 Å². The van der Waals surface area contributed by atoms with Crippen LogP contribution in [0, 0.1) is 0 Å². The molecule has 7 nitrogen and oxygen atoms in total. The van der Waals surface area contributed by atoms with Crippen LogP contribution in [0.4, 0.5) is 19.0 Å². The smallest absolute Gasteiger partial charge is 0.383 e. The minimum atomic E-state index is -4.67. The summed E-state index contributed by atoms with van der Waals surface area (Å²) in [5.74, 6) is 0.323. The molecule has 2 aliphatic heterocycles. The second-order valence-electron chi connectivity index (χ2n) is 10.1. The summed E-state index contributed by atoms with van der Waals surface area (Å²) in [5.41, 5.74) is -0.485. The third kappa shape index (κ3) is 4.94. The number of alkyl halides is 3. The molecule has 0 saturated carbocycles. The molecule has 0 spiro atoms. The summed E-state index contributed by atoms with van der Waals surface area (Å²) >= 11 is 4.68. The molecule has 0 unspecified atom stereocenters. The van der Waals surface area contributed by atoms with E-state index >= 15 is 0 Å². The first kappa shape index (κ1) is 28.7. The first-order chi connectivity index (χ1) is 19.0. The van der Waals surface area contributed by atoms with Crippen molar-refractivity contribution in [2.75, 3.05) is 37.5 Å². The highest BCUT2D eigenvalue weighted by Gasteiger charge is 2.40. The molecule has 1 aromatic heterocycles. The molecule has 3 aromatic rings. The van der Waals surface area contributed by atoms with Gasteiger partial charge in [-0.15, -0.1) is 11.8 Å². The van der Waals surface area contributed by atoms with E-state index in [1.165, 1.54) is 29.5 Å². The highest BCUT2D eigenvalue weighted by molar-refractivity contribution is 9.10. The Bertz CT molecular complexity index is 1550. The molecule has 1 fully saturated rings. The predicted octanol–water partition coefficient (Wildman–Crippen LogP) is 5.75. The van der Waals surface area contributed by atoms with Crippen LogP contribution in [-0.2, 0) is 15.7 Å². The zero-order valence-corrected chi connectivity index (χ0v) is 24.6. The number of ether oxygens (including phenoxy) is 1. The number of methoxy groups -OCH3 is 1. The van der Waals surface area contributed by atoms with Crippen molar-refractivity contribution in [3.05, 3.63) is 63.5 Å². The maximum Gasteiger partial charge on any atom is 0.417 e. The number of carbonyl (C=O) groups excluding carboxylic acids is 1. The Hall–Kier alpha value is -2.83. The molecule has 2 aromatic carbocycles. The summed E-state index contributed by atoms with van der Waals surface area (Å²) in [6.45, 7) is 8.11. The Morgan fingerprint density at radius 3 is 2.55 bits per heavy atom. The SMILES string of the molecule is C=CC(=O)N1[C@H](C)CN(c2nc(=O)n3c4c(c(-c5cccc(Br)c5)c(C(F)(F)F)cc24)SC[C@@H]3COC)C[C@@H]1C. The Morgan fingerprint density at radius 1 is 1.25 bits per heavy atom. The summed E-state index contributed by atoms with van der Waals surface area (Å²) in [7, 11) is 1.52. The number of anilines is 1. The fraction of sp³-hybridized carbons (Fsp3) is 0.393. The van der Waals surface area contributed by atoms with E-state index in [9.17, 15) is 22.8 Å². The maximum absolute atomic E-state index is 14.8. The average molecular weight is 638 g/mol. The molecule has 0 N–H and O–H groups in total. The van der Waals surface area contributed by atoms with Gasteiger partial charge in [-0.3, -0.25) is 9.36 Å². The van der Waals surface area contributed by atoms with Crippen LogP contribution in [0.5, 0.6) is 0 Å². The lowest BCUT2D eigenvalue weighted by Crippen LogP contribution is -2.58. The van der Waals surface area contributed by atoms with Gasteiger partial charge in [-0.25, -0.2) is 4.79 Å². The minimum Gasteiger partial charge on any atom is -0.383 e. The fourth-order valence-electron chi connectivity index (χ4n) is 5.84. The number of halogens is 4. The second-order valence-corrected chi connectivity index (χ2v) is 12.0. The van der Waals surface area contributed by atoms with Crippen molar-refractivity contribution in [1.29, 1.82) is 0 Å². The number of aromatic nitrogens is 2. The van der Waals surface area contributed by atoms with E-state index in [1.54, 1.807) is 29.2 Å². The molecule has 3 heterocycles. The number of carbonyl (C=O) groups is 1. The van der Waals surface area contributed by atoms with E-state index in [0.29, 0.717) is 39.3 Å². The number of amides is 1. The lowest BCUT2D eigenvalue weighted by atomic mass is 9.96. The predicted molar refractivity (Wildman–Crippen MR) is 154 cm³/mol. The molecule has 2 aliphatic rings. The first-order valence-electron chi connectivity index (χ1n) is 12.7. The van der Waals surface area contributed by atoms with Crippen LogP contribution in [0.25, 0.3) is 22.0 Å². The number of thioether (sulfide) groups is 1. The number of hydrogen-bond acceptors (Lipinski definition) is 6. The van der Waals surface area contributed by atoms with Crippen molar-refractivity contribution in [3.8, 4) is 11.1 Å². The molecule has 0 bridgehead atoms.